The van der Waals surface area contributed by atoms with Gasteiger partial charge in [0.15, 0.2) is 11.5 Å². The number of carbonyl (C=O) groups is 1. The van der Waals surface area contributed by atoms with E-state index in [4.69, 9.17) is 21.1 Å². The van der Waals surface area contributed by atoms with Crippen LogP contribution in [0, 0.1) is 5.82 Å². The molecule has 7 heteroatoms. The summed E-state index contributed by atoms with van der Waals surface area (Å²) in [6.45, 7) is 2.97. The van der Waals surface area contributed by atoms with E-state index in [1.165, 1.54) is 6.07 Å². The Bertz CT molecular complexity index is 795. The Labute approximate surface area is 156 Å². The van der Waals surface area contributed by atoms with Crippen molar-refractivity contribution >= 4 is 23.2 Å². The van der Waals surface area contributed by atoms with Crippen molar-refractivity contribution in [2.24, 2.45) is 0 Å². The molecule has 1 atom stereocenters. The molecule has 0 bridgehead atoms. The Morgan fingerprint density at radius 1 is 1.27 bits per heavy atom. The summed E-state index contributed by atoms with van der Waals surface area (Å²) in [5.41, 5.74) is 0.985. The molecule has 138 valence electrons. The van der Waals surface area contributed by atoms with Gasteiger partial charge in [0.2, 0.25) is 5.91 Å². The van der Waals surface area contributed by atoms with Crippen LogP contribution >= 0.6 is 11.6 Å². The van der Waals surface area contributed by atoms with E-state index in [1.54, 1.807) is 49.2 Å². The predicted octanol–water partition coefficient (Wildman–Crippen LogP) is 3.71. The Hall–Kier alpha value is -2.31. The Morgan fingerprint density at radius 2 is 2.00 bits per heavy atom. The molecule has 1 amide bonds. The molecule has 0 spiro atoms. The Balaban J connectivity index is 1.65. The van der Waals surface area contributed by atoms with Gasteiger partial charge >= 0.3 is 0 Å². The van der Waals surface area contributed by atoms with Crippen molar-refractivity contribution in [3.8, 4) is 11.5 Å². The minimum Gasteiger partial charge on any atom is -0.486 e. The van der Waals surface area contributed by atoms with Crippen LogP contribution in [0.1, 0.15) is 12.5 Å². The standard InChI is InChI=1S/C19H20ClFN2O3/c1-12(23(2)11-14-15(20)4-3-5-16(14)21)19(24)22-13-6-7-17-18(10-13)26-9-8-25-17/h3-7,10,12H,8-9,11H2,1-2H3,(H,22,24)/t12-/m1/s1. The van der Waals surface area contributed by atoms with E-state index in [0.717, 1.165) is 0 Å². The van der Waals surface area contributed by atoms with Crippen molar-refractivity contribution in [3.63, 3.8) is 0 Å². The summed E-state index contributed by atoms with van der Waals surface area (Å²) < 4.78 is 24.9. The molecule has 0 aliphatic carbocycles. The van der Waals surface area contributed by atoms with Gasteiger partial charge < -0.3 is 14.8 Å². The van der Waals surface area contributed by atoms with E-state index >= 15 is 0 Å². The third-order valence-electron chi connectivity index (χ3n) is 4.32. The van der Waals surface area contributed by atoms with Crippen LogP contribution in [0.4, 0.5) is 10.1 Å². The van der Waals surface area contributed by atoms with Crippen LogP contribution in [0.2, 0.25) is 5.02 Å². The number of nitrogens with one attached hydrogen (secondary N) is 1. The van der Waals surface area contributed by atoms with Crippen molar-refractivity contribution in [1.82, 2.24) is 4.90 Å². The molecule has 1 aliphatic heterocycles. The van der Waals surface area contributed by atoms with Crippen molar-refractivity contribution < 1.29 is 18.7 Å². The lowest BCUT2D eigenvalue weighted by Crippen LogP contribution is -2.39. The summed E-state index contributed by atoms with van der Waals surface area (Å²) in [6.07, 6.45) is 0. The number of likely N-dealkylation sites (N-methyl/N-ethyl adjacent to an activating group) is 1. The first-order valence-corrected chi connectivity index (χ1v) is 8.67. The second-order valence-electron chi connectivity index (χ2n) is 6.14. The maximum atomic E-state index is 13.9. The van der Waals surface area contributed by atoms with Crippen molar-refractivity contribution in [1.29, 1.82) is 0 Å². The molecule has 5 nitrogen and oxygen atoms in total. The first-order valence-electron chi connectivity index (χ1n) is 8.29. The van der Waals surface area contributed by atoms with Crippen LogP contribution in [0.3, 0.4) is 0 Å². The van der Waals surface area contributed by atoms with Crippen LogP contribution in [-0.4, -0.2) is 37.1 Å². The monoisotopic (exact) mass is 378 g/mol. The average Bonchev–Trinajstić information content (AvgIpc) is 2.64. The maximum absolute atomic E-state index is 13.9. The number of carbonyl (C=O) groups excluding carboxylic acids is 1. The van der Waals surface area contributed by atoms with E-state index in [1.807, 2.05) is 0 Å². The third kappa shape index (κ3) is 4.08. The molecule has 0 radical (unpaired) electrons. The van der Waals surface area contributed by atoms with Crippen molar-refractivity contribution in [2.45, 2.75) is 19.5 Å². The van der Waals surface area contributed by atoms with E-state index < -0.39 is 6.04 Å². The normalized spacial score (nSPS) is 14.2. The molecular weight excluding hydrogens is 359 g/mol. The van der Waals surface area contributed by atoms with Gasteiger partial charge in [-0.05, 0) is 38.2 Å². The van der Waals surface area contributed by atoms with Gasteiger partial charge in [-0.25, -0.2) is 4.39 Å². The summed E-state index contributed by atoms with van der Waals surface area (Å²) >= 11 is 6.06. The molecule has 2 aromatic carbocycles. The van der Waals surface area contributed by atoms with Gasteiger partial charge in [0.05, 0.1) is 6.04 Å². The van der Waals surface area contributed by atoms with Gasteiger partial charge in [-0.2, -0.15) is 0 Å². The number of halogens is 2. The number of hydrogen-bond donors (Lipinski definition) is 1. The molecular formula is C19H20ClFN2O3. The second kappa shape index (κ2) is 7.93. The molecule has 0 saturated carbocycles. The van der Waals surface area contributed by atoms with Crippen LogP contribution in [0.5, 0.6) is 11.5 Å². The van der Waals surface area contributed by atoms with Gasteiger partial charge in [0.1, 0.15) is 19.0 Å². The highest BCUT2D eigenvalue weighted by Crippen LogP contribution is 2.32. The highest BCUT2D eigenvalue weighted by Gasteiger charge is 2.21. The second-order valence-corrected chi connectivity index (χ2v) is 6.55. The third-order valence-corrected chi connectivity index (χ3v) is 4.67. The minimum absolute atomic E-state index is 0.211. The van der Waals surface area contributed by atoms with Crippen LogP contribution in [-0.2, 0) is 11.3 Å². The van der Waals surface area contributed by atoms with Gasteiger partial charge in [0.25, 0.3) is 0 Å². The minimum atomic E-state index is -0.487. The van der Waals surface area contributed by atoms with Gasteiger partial charge in [-0.15, -0.1) is 0 Å². The lowest BCUT2D eigenvalue weighted by molar-refractivity contribution is -0.120. The number of fused-ring (bicyclic) bond motifs is 1. The average molecular weight is 379 g/mol. The topological polar surface area (TPSA) is 50.8 Å². The zero-order chi connectivity index (χ0) is 18.7. The molecule has 2 aromatic rings. The van der Waals surface area contributed by atoms with Gasteiger partial charge in [0, 0.05) is 28.9 Å². The highest BCUT2D eigenvalue weighted by molar-refractivity contribution is 6.31. The molecule has 0 saturated heterocycles. The summed E-state index contributed by atoms with van der Waals surface area (Å²) in [6, 6.07) is 9.30. The fraction of sp³-hybridized carbons (Fsp3) is 0.316. The first kappa shape index (κ1) is 18.5. The van der Waals surface area contributed by atoms with Crippen LogP contribution in [0.15, 0.2) is 36.4 Å². The fourth-order valence-corrected chi connectivity index (χ4v) is 2.86. The number of benzene rings is 2. The summed E-state index contributed by atoms with van der Waals surface area (Å²) in [7, 11) is 1.75. The first-order chi connectivity index (χ1) is 12.5. The molecule has 1 heterocycles. The SMILES string of the molecule is C[C@H](C(=O)Nc1ccc2c(c1)OCCO2)N(C)Cc1c(F)cccc1Cl. The smallest absolute Gasteiger partial charge is 0.241 e. The number of amides is 1. The Morgan fingerprint density at radius 3 is 2.73 bits per heavy atom. The number of nitrogens with zero attached hydrogens (tertiary/aromatic N) is 1. The van der Waals surface area contributed by atoms with Crippen LogP contribution in [0.25, 0.3) is 0 Å². The number of hydrogen-bond acceptors (Lipinski definition) is 4. The van der Waals surface area contributed by atoms with Crippen molar-refractivity contribution in [3.05, 3.63) is 52.8 Å². The molecule has 0 unspecified atom stereocenters. The lowest BCUT2D eigenvalue weighted by Gasteiger charge is -2.25. The van der Waals surface area contributed by atoms with E-state index in [-0.39, 0.29) is 18.3 Å². The van der Waals surface area contributed by atoms with Gasteiger partial charge in [-0.1, -0.05) is 17.7 Å². The summed E-state index contributed by atoms with van der Waals surface area (Å²) in [4.78, 5) is 14.3. The summed E-state index contributed by atoms with van der Waals surface area (Å²) in [5.74, 6) is 0.669. The number of anilines is 1. The van der Waals surface area contributed by atoms with Gasteiger partial charge in [-0.3, -0.25) is 9.69 Å². The maximum Gasteiger partial charge on any atom is 0.241 e. The van der Waals surface area contributed by atoms with E-state index in [9.17, 15) is 9.18 Å². The van der Waals surface area contributed by atoms with E-state index in [2.05, 4.69) is 5.32 Å². The zero-order valence-electron chi connectivity index (χ0n) is 14.6. The highest BCUT2D eigenvalue weighted by atomic mass is 35.5. The Kier molecular flexibility index (Phi) is 5.64. The van der Waals surface area contributed by atoms with E-state index in [0.29, 0.717) is 41.0 Å². The number of rotatable bonds is 5. The molecule has 0 fully saturated rings. The summed E-state index contributed by atoms with van der Waals surface area (Å²) in [5, 5.41) is 3.19. The molecule has 1 aliphatic rings. The van der Waals surface area contributed by atoms with Crippen molar-refractivity contribution in [2.75, 3.05) is 25.6 Å². The molecule has 1 N–H and O–H groups in total. The zero-order valence-corrected chi connectivity index (χ0v) is 15.3. The largest absolute Gasteiger partial charge is 0.486 e. The predicted molar refractivity (Wildman–Crippen MR) is 98.4 cm³/mol. The molecule has 0 aromatic heterocycles. The quantitative estimate of drug-likeness (QED) is 0.861. The molecule has 26 heavy (non-hydrogen) atoms. The number of ether oxygens (including phenoxy) is 2. The fourth-order valence-electron chi connectivity index (χ4n) is 2.64. The van der Waals surface area contributed by atoms with Crippen LogP contribution < -0.4 is 14.8 Å². The molecule has 3 rings (SSSR count). The lowest BCUT2D eigenvalue weighted by atomic mass is 10.1.